The highest BCUT2D eigenvalue weighted by molar-refractivity contribution is 6.33. The molecule has 2 atom stereocenters. The molecule has 0 unspecified atom stereocenters. The van der Waals surface area contributed by atoms with Gasteiger partial charge < -0.3 is 14.7 Å². The Morgan fingerprint density at radius 1 is 1.50 bits per heavy atom. The average Bonchev–Trinajstić information content (AvgIpc) is 2.48. The lowest BCUT2D eigenvalue weighted by Gasteiger charge is -2.37. The van der Waals surface area contributed by atoms with E-state index < -0.39 is 6.10 Å². The van der Waals surface area contributed by atoms with Crippen molar-refractivity contribution in [3.63, 3.8) is 0 Å². The minimum Gasteiger partial charge on any atom is -0.389 e. The Kier molecular flexibility index (Phi) is 6.20. The molecule has 1 aromatic carbocycles. The van der Waals surface area contributed by atoms with Crippen LogP contribution in [0.15, 0.2) is 24.3 Å². The third-order valence-electron chi connectivity index (χ3n) is 3.94. The number of aliphatic hydroxyl groups is 1. The van der Waals surface area contributed by atoms with Crippen molar-refractivity contribution in [1.82, 2.24) is 4.90 Å². The van der Waals surface area contributed by atoms with Crippen molar-refractivity contribution in [2.45, 2.75) is 25.0 Å². The summed E-state index contributed by atoms with van der Waals surface area (Å²) in [5.41, 5.74) is 0.754. The van der Waals surface area contributed by atoms with Crippen molar-refractivity contribution in [3.05, 3.63) is 29.3 Å². The summed E-state index contributed by atoms with van der Waals surface area (Å²) in [6.07, 6.45) is 1.10. The summed E-state index contributed by atoms with van der Waals surface area (Å²) in [5, 5.41) is 10.4. The summed E-state index contributed by atoms with van der Waals surface area (Å²) in [7, 11) is 3.41. The third-order valence-corrected chi connectivity index (χ3v) is 4.26. The van der Waals surface area contributed by atoms with Crippen LogP contribution >= 0.6 is 11.6 Å². The Morgan fingerprint density at radius 3 is 2.91 bits per heavy atom. The minimum atomic E-state index is -0.599. The van der Waals surface area contributed by atoms with Gasteiger partial charge in [0.1, 0.15) is 0 Å². The molecule has 1 fully saturated rings. The standard InChI is InChI=1S/C16H23ClN2O3/c1-18(10-12(20)11-22-2)15-8-5-9-19(16(15)21)14-7-4-3-6-13(14)17/h3-4,6-7,12,15,20H,5,8-11H2,1-2H3/t12-,15+/m0/s1. The summed E-state index contributed by atoms with van der Waals surface area (Å²) in [4.78, 5) is 16.4. The van der Waals surface area contributed by atoms with E-state index in [1.807, 2.05) is 30.1 Å². The van der Waals surface area contributed by atoms with Crippen molar-refractivity contribution < 1.29 is 14.6 Å². The summed E-state index contributed by atoms with van der Waals surface area (Å²) >= 11 is 6.21. The van der Waals surface area contributed by atoms with Gasteiger partial charge in [0.2, 0.25) is 5.91 Å². The van der Waals surface area contributed by atoms with Gasteiger partial charge in [-0.05, 0) is 32.0 Å². The number of nitrogens with zero attached hydrogens (tertiary/aromatic N) is 2. The molecule has 5 nitrogen and oxygen atoms in total. The quantitative estimate of drug-likeness (QED) is 0.865. The van der Waals surface area contributed by atoms with Gasteiger partial charge >= 0.3 is 0 Å². The Bertz CT molecular complexity index is 512. The highest BCUT2D eigenvalue weighted by Crippen LogP contribution is 2.29. The van der Waals surface area contributed by atoms with E-state index in [9.17, 15) is 9.90 Å². The molecular weight excluding hydrogens is 304 g/mol. The predicted octanol–water partition coefficient (Wildman–Crippen LogP) is 1.77. The highest BCUT2D eigenvalue weighted by atomic mass is 35.5. The number of methoxy groups -OCH3 is 1. The van der Waals surface area contributed by atoms with Gasteiger partial charge in [-0.2, -0.15) is 0 Å². The van der Waals surface area contributed by atoms with Crippen molar-refractivity contribution in [1.29, 1.82) is 0 Å². The maximum atomic E-state index is 12.8. The number of para-hydroxylation sites is 1. The first kappa shape index (κ1) is 17.2. The van der Waals surface area contributed by atoms with Crippen LogP contribution in [0.5, 0.6) is 0 Å². The zero-order valence-corrected chi connectivity index (χ0v) is 13.8. The number of hydrogen-bond donors (Lipinski definition) is 1. The number of hydrogen-bond acceptors (Lipinski definition) is 4. The lowest BCUT2D eigenvalue weighted by Crippen LogP contribution is -2.53. The summed E-state index contributed by atoms with van der Waals surface area (Å²) in [6.45, 7) is 1.34. The number of anilines is 1. The number of benzene rings is 1. The van der Waals surface area contributed by atoms with Crippen LogP contribution in [0.2, 0.25) is 5.02 Å². The van der Waals surface area contributed by atoms with E-state index in [0.717, 1.165) is 18.5 Å². The Morgan fingerprint density at radius 2 is 2.23 bits per heavy atom. The average molecular weight is 327 g/mol. The van der Waals surface area contributed by atoms with Crippen LogP contribution in [0.4, 0.5) is 5.69 Å². The molecule has 0 radical (unpaired) electrons. The molecule has 0 spiro atoms. The number of amides is 1. The molecule has 1 aromatic rings. The van der Waals surface area contributed by atoms with Crippen LogP contribution in [0, 0.1) is 0 Å². The zero-order chi connectivity index (χ0) is 16.1. The molecule has 0 bridgehead atoms. The van der Waals surface area contributed by atoms with Crippen molar-refractivity contribution in [2.24, 2.45) is 0 Å². The lowest BCUT2D eigenvalue weighted by atomic mass is 10.0. The second-order valence-electron chi connectivity index (χ2n) is 5.65. The van der Waals surface area contributed by atoms with Crippen LogP contribution in [-0.4, -0.2) is 61.9 Å². The summed E-state index contributed by atoms with van der Waals surface area (Å²) in [6, 6.07) is 7.15. The maximum absolute atomic E-state index is 12.8. The van der Waals surface area contributed by atoms with E-state index in [4.69, 9.17) is 16.3 Å². The molecule has 0 saturated carbocycles. The predicted molar refractivity (Wildman–Crippen MR) is 87.3 cm³/mol. The van der Waals surface area contributed by atoms with E-state index in [-0.39, 0.29) is 18.6 Å². The first-order valence-corrected chi connectivity index (χ1v) is 7.85. The van der Waals surface area contributed by atoms with Crippen molar-refractivity contribution >= 4 is 23.2 Å². The van der Waals surface area contributed by atoms with E-state index >= 15 is 0 Å². The number of aliphatic hydroxyl groups excluding tert-OH is 1. The number of rotatable bonds is 6. The van der Waals surface area contributed by atoms with Gasteiger partial charge in [-0.15, -0.1) is 0 Å². The third kappa shape index (κ3) is 3.98. The van der Waals surface area contributed by atoms with Gasteiger partial charge in [0.25, 0.3) is 0 Å². The molecule has 0 aliphatic carbocycles. The molecule has 1 aliphatic rings. The number of carbonyl (C=O) groups is 1. The van der Waals surface area contributed by atoms with Gasteiger partial charge in [-0.1, -0.05) is 23.7 Å². The normalized spacial score (nSPS) is 20.5. The van der Waals surface area contributed by atoms with Crippen LogP contribution in [0.3, 0.4) is 0 Å². The molecule has 22 heavy (non-hydrogen) atoms. The fraction of sp³-hybridized carbons (Fsp3) is 0.562. The smallest absolute Gasteiger partial charge is 0.244 e. The van der Waals surface area contributed by atoms with Gasteiger partial charge in [-0.25, -0.2) is 0 Å². The molecule has 1 aliphatic heterocycles. The number of carbonyl (C=O) groups excluding carboxylic acids is 1. The molecule has 1 saturated heterocycles. The Balaban J connectivity index is 2.08. The molecule has 2 rings (SSSR count). The van der Waals surface area contributed by atoms with Crippen LogP contribution in [0.1, 0.15) is 12.8 Å². The van der Waals surface area contributed by atoms with E-state index in [0.29, 0.717) is 18.1 Å². The van der Waals surface area contributed by atoms with E-state index in [1.165, 1.54) is 0 Å². The van der Waals surface area contributed by atoms with E-state index in [2.05, 4.69) is 0 Å². The first-order chi connectivity index (χ1) is 10.5. The zero-order valence-electron chi connectivity index (χ0n) is 13.0. The van der Waals surface area contributed by atoms with Crippen LogP contribution in [0.25, 0.3) is 0 Å². The Hall–Kier alpha value is -1.14. The van der Waals surface area contributed by atoms with E-state index in [1.54, 1.807) is 18.1 Å². The topological polar surface area (TPSA) is 53.0 Å². The van der Waals surface area contributed by atoms with Gasteiger partial charge in [0.15, 0.2) is 0 Å². The van der Waals surface area contributed by atoms with Gasteiger partial charge in [-0.3, -0.25) is 9.69 Å². The largest absolute Gasteiger partial charge is 0.389 e. The molecule has 122 valence electrons. The molecule has 1 N–H and O–H groups in total. The number of halogens is 1. The van der Waals surface area contributed by atoms with Crippen molar-refractivity contribution in [2.75, 3.05) is 38.8 Å². The number of ether oxygens (including phenoxy) is 1. The number of likely N-dealkylation sites (N-methyl/N-ethyl adjacent to an activating group) is 1. The van der Waals surface area contributed by atoms with Gasteiger partial charge in [0.05, 0.1) is 29.5 Å². The number of piperidine rings is 1. The Labute approximate surface area is 136 Å². The second kappa shape index (κ2) is 7.92. The highest BCUT2D eigenvalue weighted by Gasteiger charge is 2.33. The monoisotopic (exact) mass is 326 g/mol. The summed E-state index contributed by atoms with van der Waals surface area (Å²) < 4.78 is 4.94. The second-order valence-corrected chi connectivity index (χ2v) is 6.06. The van der Waals surface area contributed by atoms with Gasteiger partial charge in [0, 0.05) is 20.2 Å². The lowest BCUT2D eigenvalue weighted by molar-refractivity contribution is -0.125. The molecular formula is C16H23ClN2O3. The molecule has 6 heteroatoms. The first-order valence-electron chi connectivity index (χ1n) is 7.47. The summed E-state index contributed by atoms with van der Waals surface area (Å²) in [5.74, 6) is 0.0338. The fourth-order valence-corrected chi connectivity index (χ4v) is 3.12. The van der Waals surface area contributed by atoms with Crippen LogP contribution in [-0.2, 0) is 9.53 Å². The molecule has 1 heterocycles. The maximum Gasteiger partial charge on any atom is 0.244 e. The SMILES string of the molecule is COC[C@@H](O)CN(C)[C@@H]1CCCN(c2ccccc2Cl)C1=O. The van der Waals surface area contributed by atoms with Crippen LogP contribution < -0.4 is 4.90 Å². The fourth-order valence-electron chi connectivity index (χ4n) is 2.88. The minimum absolute atomic E-state index is 0.0338. The molecule has 0 aromatic heterocycles. The van der Waals surface area contributed by atoms with Crippen molar-refractivity contribution in [3.8, 4) is 0 Å². The molecule has 1 amide bonds.